The average Bonchev–Trinajstić information content (AvgIpc) is 3.11. The molecule has 2 aromatic heterocycles. The van der Waals surface area contributed by atoms with Gasteiger partial charge in [-0.25, -0.2) is 9.97 Å². The van der Waals surface area contributed by atoms with Gasteiger partial charge >= 0.3 is 0 Å². The second-order valence-electron chi connectivity index (χ2n) is 7.09. The fourth-order valence-corrected chi connectivity index (χ4v) is 4.18. The number of nitrogens with one attached hydrogen (secondary N) is 1. The molecule has 0 saturated carbocycles. The highest BCUT2D eigenvalue weighted by Crippen LogP contribution is 2.23. The number of piperidine rings is 1. The Labute approximate surface area is 168 Å². The molecule has 1 N–H and O–H groups in total. The van der Waals surface area contributed by atoms with Gasteiger partial charge in [-0.1, -0.05) is 5.57 Å². The maximum Gasteiger partial charge on any atom is 0.246 e. The van der Waals surface area contributed by atoms with E-state index in [1.165, 1.54) is 10.5 Å². The van der Waals surface area contributed by atoms with Crippen molar-refractivity contribution in [3.05, 3.63) is 51.1 Å². The Hall–Kier alpha value is -2.80. The molecule has 28 heavy (non-hydrogen) atoms. The molecule has 2 aliphatic heterocycles. The number of likely N-dealkylation sites (tertiary alicyclic amines) is 1. The Bertz CT molecular complexity index is 967. The molecule has 6 nitrogen and oxygen atoms in total. The fraction of sp³-hybridized carbons (Fsp3) is 0.333. The number of rotatable bonds is 3. The third-order valence-corrected chi connectivity index (χ3v) is 5.83. The first-order chi connectivity index (χ1) is 13.6. The van der Waals surface area contributed by atoms with Gasteiger partial charge in [0, 0.05) is 42.9 Å². The topological polar surface area (TPSA) is 75.2 Å². The number of aryl methyl sites for hydroxylation is 2. The Kier molecular flexibility index (Phi) is 5.34. The van der Waals surface area contributed by atoms with Gasteiger partial charge < -0.3 is 10.2 Å². The van der Waals surface area contributed by atoms with E-state index in [4.69, 9.17) is 0 Å². The van der Waals surface area contributed by atoms with E-state index in [1.807, 2.05) is 17.2 Å². The molecular weight excluding hydrogens is 372 g/mol. The number of carbonyl (C=O) groups excluding carboxylic acids is 2. The SMILES string of the molecule is Cc1cnc(C=C2CCN(C(=O)/C=C/c3cnc4c(c3)CCC(=O)N4)CC2)s1. The first kappa shape index (κ1) is 18.6. The summed E-state index contributed by atoms with van der Waals surface area (Å²) in [4.78, 5) is 35.7. The molecule has 2 amide bonds. The molecule has 2 aliphatic rings. The molecule has 4 rings (SSSR count). The number of fused-ring (bicyclic) bond motifs is 1. The highest BCUT2D eigenvalue weighted by Gasteiger charge is 2.18. The molecule has 0 bridgehead atoms. The van der Waals surface area contributed by atoms with E-state index >= 15 is 0 Å². The summed E-state index contributed by atoms with van der Waals surface area (Å²) in [5.41, 5.74) is 3.24. The highest BCUT2D eigenvalue weighted by atomic mass is 32.1. The van der Waals surface area contributed by atoms with E-state index in [2.05, 4.69) is 28.3 Å². The molecule has 7 heteroatoms. The van der Waals surface area contributed by atoms with Crippen molar-refractivity contribution in [1.29, 1.82) is 0 Å². The number of hydrogen-bond donors (Lipinski definition) is 1. The van der Waals surface area contributed by atoms with Crippen molar-refractivity contribution in [2.75, 3.05) is 18.4 Å². The van der Waals surface area contributed by atoms with Crippen LogP contribution >= 0.6 is 11.3 Å². The van der Waals surface area contributed by atoms with E-state index in [1.54, 1.807) is 29.7 Å². The molecule has 2 aromatic rings. The Morgan fingerprint density at radius 3 is 2.75 bits per heavy atom. The summed E-state index contributed by atoms with van der Waals surface area (Å²) in [6.07, 6.45) is 12.1. The zero-order chi connectivity index (χ0) is 19.5. The third kappa shape index (κ3) is 4.36. The van der Waals surface area contributed by atoms with Gasteiger partial charge in [0.05, 0.1) is 0 Å². The second kappa shape index (κ2) is 8.06. The molecular formula is C21H22N4O2S. The normalized spacial score (nSPS) is 16.8. The van der Waals surface area contributed by atoms with Crippen molar-refractivity contribution in [2.45, 2.75) is 32.6 Å². The van der Waals surface area contributed by atoms with Gasteiger partial charge in [0.15, 0.2) is 0 Å². The number of amides is 2. The minimum atomic E-state index is 0.00183. The van der Waals surface area contributed by atoms with Crippen molar-refractivity contribution in [2.24, 2.45) is 0 Å². The average molecular weight is 395 g/mol. The van der Waals surface area contributed by atoms with Crippen LogP contribution in [0.5, 0.6) is 0 Å². The van der Waals surface area contributed by atoms with Crippen LogP contribution in [0.25, 0.3) is 12.2 Å². The quantitative estimate of drug-likeness (QED) is 0.809. The zero-order valence-corrected chi connectivity index (χ0v) is 16.6. The number of hydrogen-bond acceptors (Lipinski definition) is 5. The van der Waals surface area contributed by atoms with Crippen molar-refractivity contribution < 1.29 is 9.59 Å². The lowest BCUT2D eigenvalue weighted by molar-refractivity contribution is -0.126. The van der Waals surface area contributed by atoms with Crippen LogP contribution in [0.1, 0.15) is 40.3 Å². The molecule has 4 heterocycles. The van der Waals surface area contributed by atoms with Gasteiger partial charge in [0.2, 0.25) is 11.8 Å². The number of pyridine rings is 1. The lowest BCUT2D eigenvalue weighted by atomic mass is 10.0. The minimum absolute atomic E-state index is 0.00183. The van der Waals surface area contributed by atoms with Crippen LogP contribution in [0.3, 0.4) is 0 Å². The molecule has 0 aliphatic carbocycles. The number of aromatic nitrogens is 2. The molecule has 1 fully saturated rings. The smallest absolute Gasteiger partial charge is 0.246 e. The van der Waals surface area contributed by atoms with Crippen LogP contribution < -0.4 is 5.32 Å². The van der Waals surface area contributed by atoms with Gasteiger partial charge in [0.1, 0.15) is 10.8 Å². The highest BCUT2D eigenvalue weighted by molar-refractivity contribution is 7.12. The lowest BCUT2D eigenvalue weighted by Gasteiger charge is -2.27. The summed E-state index contributed by atoms with van der Waals surface area (Å²) in [7, 11) is 0. The minimum Gasteiger partial charge on any atom is -0.339 e. The van der Waals surface area contributed by atoms with Gasteiger partial charge in [-0.05, 0) is 55.5 Å². The largest absolute Gasteiger partial charge is 0.339 e. The molecule has 0 unspecified atom stereocenters. The molecule has 0 spiro atoms. The van der Waals surface area contributed by atoms with Crippen LogP contribution in [0.2, 0.25) is 0 Å². The molecule has 0 atom stereocenters. The van der Waals surface area contributed by atoms with Crippen molar-refractivity contribution in [3.8, 4) is 0 Å². The number of thiazole rings is 1. The summed E-state index contributed by atoms with van der Waals surface area (Å²) < 4.78 is 0. The molecule has 1 saturated heterocycles. The van der Waals surface area contributed by atoms with Gasteiger partial charge in [-0.2, -0.15) is 0 Å². The van der Waals surface area contributed by atoms with Gasteiger partial charge in [-0.3, -0.25) is 9.59 Å². The molecule has 144 valence electrons. The summed E-state index contributed by atoms with van der Waals surface area (Å²) in [5.74, 6) is 0.655. The predicted octanol–water partition coefficient (Wildman–Crippen LogP) is 3.45. The zero-order valence-electron chi connectivity index (χ0n) is 15.8. The summed E-state index contributed by atoms with van der Waals surface area (Å²) >= 11 is 1.70. The molecule has 0 radical (unpaired) electrons. The summed E-state index contributed by atoms with van der Waals surface area (Å²) in [6, 6.07) is 1.98. The number of carbonyl (C=O) groups is 2. The van der Waals surface area contributed by atoms with E-state index in [0.29, 0.717) is 18.7 Å². The van der Waals surface area contributed by atoms with Crippen LogP contribution in [-0.4, -0.2) is 39.8 Å². The maximum atomic E-state index is 12.5. The van der Waals surface area contributed by atoms with Crippen molar-refractivity contribution in [3.63, 3.8) is 0 Å². The standard InChI is InChI=1S/C21H22N4O2S/c1-14-12-22-19(28-14)11-15-6-8-25(9-7-15)20(27)5-2-16-10-17-3-4-18(26)24-21(17)23-13-16/h2,5,10-13H,3-4,6-9H2,1H3,(H,23,24,26)/b5-2+. The van der Waals surface area contributed by atoms with Crippen LogP contribution in [0.4, 0.5) is 5.82 Å². The first-order valence-corrected chi connectivity index (χ1v) is 10.3. The predicted molar refractivity (Wildman–Crippen MR) is 111 cm³/mol. The Morgan fingerprint density at radius 2 is 2.00 bits per heavy atom. The summed E-state index contributed by atoms with van der Waals surface area (Å²) in [6.45, 7) is 3.52. The monoisotopic (exact) mass is 394 g/mol. The van der Waals surface area contributed by atoms with Crippen LogP contribution in [0.15, 0.2) is 30.1 Å². The Morgan fingerprint density at radius 1 is 1.18 bits per heavy atom. The van der Waals surface area contributed by atoms with E-state index in [0.717, 1.165) is 42.1 Å². The second-order valence-corrected chi connectivity index (χ2v) is 8.36. The van der Waals surface area contributed by atoms with Gasteiger partial charge in [-0.15, -0.1) is 11.3 Å². The van der Waals surface area contributed by atoms with Crippen LogP contribution in [0, 0.1) is 6.92 Å². The van der Waals surface area contributed by atoms with Crippen molar-refractivity contribution in [1.82, 2.24) is 14.9 Å². The lowest BCUT2D eigenvalue weighted by Crippen LogP contribution is -2.35. The first-order valence-electron chi connectivity index (χ1n) is 9.44. The van der Waals surface area contributed by atoms with E-state index in [9.17, 15) is 9.59 Å². The van der Waals surface area contributed by atoms with Crippen molar-refractivity contribution >= 4 is 41.1 Å². The van der Waals surface area contributed by atoms with E-state index in [-0.39, 0.29) is 11.8 Å². The maximum absolute atomic E-state index is 12.5. The molecule has 0 aromatic carbocycles. The Balaban J connectivity index is 1.34. The fourth-order valence-electron chi connectivity index (χ4n) is 3.41. The number of anilines is 1. The summed E-state index contributed by atoms with van der Waals surface area (Å²) in [5, 5.41) is 3.81. The van der Waals surface area contributed by atoms with Gasteiger partial charge in [0.25, 0.3) is 0 Å². The van der Waals surface area contributed by atoms with Crippen LogP contribution in [-0.2, 0) is 16.0 Å². The third-order valence-electron chi connectivity index (χ3n) is 4.97. The number of nitrogens with zero attached hydrogens (tertiary/aromatic N) is 3. The van der Waals surface area contributed by atoms with E-state index < -0.39 is 0 Å².